The van der Waals surface area contributed by atoms with Gasteiger partial charge in [0, 0.05) is 24.2 Å². The van der Waals surface area contributed by atoms with Gasteiger partial charge in [0.2, 0.25) is 5.78 Å². The van der Waals surface area contributed by atoms with Gasteiger partial charge < -0.3 is 5.32 Å². The van der Waals surface area contributed by atoms with E-state index in [1.807, 2.05) is 53.4 Å². The van der Waals surface area contributed by atoms with E-state index in [0.29, 0.717) is 17.1 Å². The second-order valence-electron chi connectivity index (χ2n) is 4.49. The Hall–Kier alpha value is -2.33. The van der Waals surface area contributed by atoms with Crippen molar-refractivity contribution in [3.05, 3.63) is 79.1 Å². The van der Waals surface area contributed by atoms with E-state index in [1.54, 1.807) is 18.2 Å². The molecule has 1 aromatic carbocycles. The predicted molar refractivity (Wildman–Crippen MR) is 87.2 cm³/mol. The van der Waals surface area contributed by atoms with Gasteiger partial charge in [-0.3, -0.25) is 4.79 Å². The van der Waals surface area contributed by atoms with Gasteiger partial charge in [0.25, 0.3) is 6.04 Å². The normalized spacial score (nSPS) is 11.4. The summed E-state index contributed by atoms with van der Waals surface area (Å²) < 4.78 is 1.81. The van der Waals surface area contributed by atoms with E-state index in [-0.39, 0.29) is 5.78 Å². The van der Waals surface area contributed by atoms with Crippen LogP contribution in [0.1, 0.15) is 16.4 Å². The molecule has 1 unspecified atom stereocenters. The summed E-state index contributed by atoms with van der Waals surface area (Å²) in [6, 6.07) is 14.3. The van der Waals surface area contributed by atoms with E-state index in [2.05, 4.69) is 11.9 Å². The van der Waals surface area contributed by atoms with E-state index in [0.717, 1.165) is 0 Å². The van der Waals surface area contributed by atoms with Crippen molar-refractivity contribution in [3.8, 4) is 0 Å². The van der Waals surface area contributed by atoms with Crippen molar-refractivity contribution in [1.82, 2.24) is 5.32 Å². The van der Waals surface area contributed by atoms with Gasteiger partial charge in [-0.2, -0.15) is 4.57 Å². The zero-order valence-electron chi connectivity index (χ0n) is 11.6. The number of hydrogen-bond acceptors (Lipinski definition) is 2. The molecule has 3 nitrogen and oxygen atoms in total. The van der Waals surface area contributed by atoms with Crippen molar-refractivity contribution in [2.45, 2.75) is 6.04 Å². The standard InChI is InChI=1S/C17H16N2OS/c1-2-11-18-17(21)15(19-12-7-4-8-13-19)16(20)14-9-5-3-6-10-14/h2-10,12-13,15H,1,11H2/p+1. The molecule has 1 aromatic heterocycles. The van der Waals surface area contributed by atoms with Gasteiger partial charge >= 0.3 is 0 Å². The van der Waals surface area contributed by atoms with Crippen LogP contribution in [0.2, 0.25) is 0 Å². The molecule has 2 aromatic rings. The first-order valence-electron chi connectivity index (χ1n) is 6.67. The first-order valence-corrected chi connectivity index (χ1v) is 7.08. The molecule has 0 radical (unpaired) electrons. The van der Waals surface area contributed by atoms with Crippen LogP contribution in [0, 0.1) is 0 Å². The quantitative estimate of drug-likeness (QED) is 0.385. The molecule has 0 amide bonds. The van der Waals surface area contributed by atoms with Crippen LogP contribution in [-0.4, -0.2) is 17.3 Å². The molecule has 1 atom stereocenters. The summed E-state index contributed by atoms with van der Waals surface area (Å²) in [5.74, 6) is -0.0339. The number of Topliss-reactive ketones (excluding diaryl/α,β-unsaturated/α-hetero) is 1. The summed E-state index contributed by atoms with van der Waals surface area (Å²) in [7, 11) is 0. The highest BCUT2D eigenvalue weighted by Gasteiger charge is 2.32. The molecule has 0 saturated carbocycles. The highest BCUT2D eigenvalue weighted by atomic mass is 32.1. The maximum absolute atomic E-state index is 12.8. The summed E-state index contributed by atoms with van der Waals surface area (Å²) >= 11 is 5.40. The number of carbonyl (C=O) groups excluding carboxylic acids is 1. The number of nitrogens with one attached hydrogen (secondary N) is 1. The zero-order valence-corrected chi connectivity index (χ0v) is 12.4. The van der Waals surface area contributed by atoms with E-state index in [4.69, 9.17) is 12.2 Å². The maximum atomic E-state index is 12.8. The molecule has 0 saturated heterocycles. The lowest BCUT2D eigenvalue weighted by Crippen LogP contribution is -2.51. The Kier molecular flexibility index (Phi) is 5.35. The summed E-state index contributed by atoms with van der Waals surface area (Å²) in [5, 5.41) is 3.05. The molecular weight excluding hydrogens is 280 g/mol. The Balaban J connectivity index is 2.34. The molecule has 0 aliphatic heterocycles. The van der Waals surface area contributed by atoms with Gasteiger partial charge in [-0.05, 0) is 0 Å². The highest BCUT2D eigenvalue weighted by molar-refractivity contribution is 7.80. The van der Waals surface area contributed by atoms with Gasteiger partial charge in [-0.25, -0.2) is 0 Å². The fraction of sp³-hybridized carbons (Fsp3) is 0.118. The molecule has 1 heterocycles. The minimum atomic E-state index is -0.552. The van der Waals surface area contributed by atoms with Crippen molar-refractivity contribution < 1.29 is 9.36 Å². The summed E-state index contributed by atoms with van der Waals surface area (Å²) in [4.78, 5) is 13.3. The van der Waals surface area contributed by atoms with Crippen LogP contribution >= 0.6 is 12.2 Å². The Morgan fingerprint density at radius 3 is 2.43 bits per heavy atom. The van der Waals surface area contributed by atoms with Crippen LogP contribution in [-0.2, 0) is 0 Å². The highest BCUT2D eigenvalue weighted by Crippen LogP contribution is 2.10. The van der Waals surface area contributed by atoms with Crippen LogP contribution in [0.25, 0.3) is 0 Å². The minimum absolute atomic E-state index is 0.0339. The number of carbonyl (C=O) groups is 1. The van der Waals surface area contributed by atoms with Crippen LogP contribution in [0.4, 0.5) is 0 Å². The average Bonchev–Trinajstić information content (AvgIpc) is 2.55. The van der Waals surface area contributed by atoms with E-state index >= 15 is 0 Å². The van der Waals surface area contributed by atoms with E-state index in [9.17, 15) is 4.79 Å². The lowest BCUT2D eigenvalue weighted by molar-refractivity contribution is -0.692. The lowest BCUT2D eigenvalue weighted by atomic mass is 10.0. The number of nitrogens with zero attached hydrogens (tertiary/aromatic N) is 1. The number of hydrogen-bond donors (Lipinski definition) is 1. The van der Waals surface area contributed by atoms with Gasteiger partial charge in [-0.1, -0.05) is 54.7 Å². The Labute approximate surface area is 129 Å². The third-order valence-corrected chi connectivity index (χ3v) is 3.38. The average molecular weight is 297 g/mol. The van der Waals surface area contributed by atoms with E-state index < -0.39 is 6.04 Å². The minimum Gasteiger partial charge on any atom is -0.370 e. The molecule has 0 spiro atoms. The number of pyridine rings is 1. The molecule has 0 bridgehead atoms. The number of rotatable bonds is 6. The zero-order chi connectivity index (χ0) is 15.1. The third-order valence-electron chi connectivity index (χ3n) is 3.01. The summed E-state index contributed by atoms with van der Waals surface area (Å²) in [5.41, 5.74) is 0.640. The molecule has 0 aliphatic carbocycles. The first kappa shape index (κ1) is 15.1. The number of thiocarbonyl (C=S) groups is 1. The fourth-order valence-electron chi connectivity index (χ4n) is 2.00. The summed E-state index contributed by atoms with van der Waals surface area (Å²) in [6.45, 7) is 4.19. The number of benzene rings is 1. The van der Waals surface area contributed by atoms with Gasteiger partial charge in [0.1, 0.15) is 0 Å². The molecule has 2 rings (SSSR count). The van der Waals surface area contributed by atoms with E-state index in [1.165, 1.54) is 0 Å². The second kappa shape index (κ2) is 7.45. The van der Waals surface area contributed by atoms with Crippen LogP contribution in [0.15, 0.2) is 73.6 Å². The maximum Gasteiger partial charge on any atom is 0.270 e. The molecule has 1 N–H and O–H groups in total. The topological polar surface area (TPSA) is 33.0 Å². The second-order valence-corrected chi connectivity index (χ2v) is 4.93. The Bertz CT molecular complexity index is 626. The van der Waals surface area contributed by atoms with Gasteiger partial charge in [-0.15, -0.1) is 6.58 Å². The SMILES string of the molecule is C=CCNC(=S)C(C(=O)c1ccccc1)[n+]1ccccc1. The monoisotopic (exact) mass is 297 g/mol. The van der Waals surface area contributed by atoms with Crippen molar-refractivity contribution >= 4 is 23.0 Å². The van der Waals surface area contributed by atoms with Crippen molar-refractivity contribution in [2.75, 3.05) is 6.54 Å². The molecule has 4 heteroatoms. The number of aromatic nitrogens is 1. The molecule has 0 fully saturated rings. The first-order chi connectivity index (χ1) is 10.2. The van der Waals surface area contributed by atoms with Gasteiger partial charge in [0.15, 0.2) is 17.4 Å². The predicted octanol–water partition coefficient (Wildman–Crippen LogP) is 2.50. The molecule has 21 heavy (non-hydrogen) atoms. The molecular formula is C17H17N2OS+. The summed E-state index contributed by atoms with van der Waals surface area (Å²) in [6.07, 6.45) is 5.40. The fourth-order valence-corrected chi connectivity index (χ4v) is 2.32. The van der Waals surface area contributed by atoms with Gasteiger partial charge in [0.05, 0.1) is 0 Å². The van der Waals surface area contributed by atoms with Crippen LogP contribution < -0.4 is 9.88 Å². The van der Waals surface area contributed by atoms with Crippen LogP contribution in [0.3, 0.4) is 0 Å². The molecule has 0 aliphatic rings. The molecule has 106 valence electrons. The number of ketones is 1. The Morgan fingerprint density at radius 2 is 1.81 bits per heavy atom. The van der Waals surface area contributed by atoms with Crippen molar-refractivity contribution in [1.29, 1.82) is 0 Å². The lowest BCUT2D eigenvalue weighted by Gasteiger charge is -2.13. The van der Waals surface area contributed by atoms with Crippen LogP contribution in [0.5, 0.6) is 0 Å². The third kappa shape index (κ3) is 3.83. The smallest absolute Gasteiger partial charge is 0.270 e. The largest absolute Gasteiger partial charge is 0.370 e. The van der Waals surface area contributed by atoms with Crippen molar-refractivity contribution in [2.24, 2.45) is 0 Å². The van der Waals surface area contributed by atoms with Crippen molar-refractivity contribution in [3.63, 3.8) is 0 Å². The Morgan fingerprint density at radius 1 is 1.19 bits per heavy atom.